The first kappa shape index (κ1) is 72.1. The molecule has 2 unspecified atom stereocenters. The molecule has 2 atom stereocenters. The number of unbranched alkanes of at least 4 members (excludes halogenated alkanes) is 47. The number of aliphatic hydroxyl groups is 2. The molecule has 0 aromatic rings. The normalized spacial score (nSPS) is 12.8. The van der Waals surface area contributed by atoms with E-state index in [1.54, 1.807) is 6.08 Å². The fourth-order valence-corrected chi connectivity index (χ4v) is 10.3. The number of ether oxygens (including phenoxy) is 1. The molecule has 0 aliphatic rings. The van der Waals surface area contributed by atoms with Gasteiger partial charge in [-0.25, -0.2) is 0 Å². The van der Waals surface area contributed by atoms with Crippen molar-refractivity contribution in [1.82, 2.24) is 5.32 Å². The van der Waals surface area contributed by atoms with Gasteiger partial charge in [-0.1, -0.05) is 301 Å². The smallest absolute Gasteiger partial charge is 0.305 e. The summed E-state index contributed by atoms with van der Waals surface area (Å²) >= 11 is 0. The molecule has 0 bridgehead atoms. The van der Waals surface area contributed by atoms with E-state index in [-0.39, 0.29) is 18.5 Å². The Morgan fingerprint density at radius 2 is 0.635 bits per heavy atom. The monoisotopic (exact) mass is 1040 g/mol. The fraction of sp³-hybridized carbons (Fsp3) is 0.882. The van der Waals surface area contributed by atoms with Gasteiger partial charge in [0.1, 0.15) is 0 Å². The molecule has 0 heterocycles. The highest BCUT2D eigenvalue weighted by atomic mass is 16.5. The second-order valence-corrected chi connectivity index (χ2v) is 22.8. The van der Waals surface area contributed by atoms with Crippen molar-refractivity contribution >= 4 is 11.9 Å². The van der Waals surface area contributed by atoms with E-state index in [1.165, 1.54) is 289 Å². The number of amides is 1. The first-order valence-electron chi connectivity index (χ1n) is 33.3. The molecule has 6 nitrogen and oxygen atoms in total. The fourth-order valence-electron chi connectivity index (χ4n) is 10.3. The van der Waals surface area contributed by atoms with Gasteiger partial charge in [0, 0.05) is 12.8 Å². The first-order valence-corrected chi connectivity index (χ1v) is 33.3. The van der Waals surface area contributed by atoms with E-state index in [4.69, 9.17) is 4.74 Å². The summed E-state index contributed by atoms with van der Waals surface area (Å²) in [6.45, 7) is 4.92. The number of allylic oxidation sites excluding steroid dienone is 5. The van der Waals surface area contributed by atoms with Gasteiger partial charge in [0.15, 0.2) is 0 Å². The summed E-state index contributed by atoms with van der Waals surface area (Å²) in [4.78, 5) is 24.6. The minimum absolute atomic E-state index is 0.00437. The van der Waals surface area contributed by atoms with Crippen LogP contribution in [-0.2, 0) is 14.3 Å². The van der Waals surface area contributed by atoms with Crippen LogP contribution in [0.1, 0.15) is 361 Å². The van der Waals surface area contributed by atoms with Crippen LogP contribution < -0.4 is 5.32 Å². The standard InChI is InChI=1S/C68H129NO5/c1-3-5-7-9-11-13-15-17-19-20-29-33-36-40-44-48-52-56-60-66(71)65(64-70)69-67(72)61-57-53-49-45-41-37-34-30-27-25-23-21-22-24-26-28-31-35-39-43-47-51-55-59-63-74-68(73)62-58-54-50-46-42-38-32-18-16-14-12-10-8-6-4-2/h18,23,25,32,56,60,65-66,70-71H,3-17,19-22,24,26-31,33-55,57-59,61-64H2,1-2H3,(H,69,72)/b25-23-,32-18-,60-56+. The highest BCUT2D eigenvalue weighted by molar-refractivity contribution is 5.76. The van der Waals surface area contributed by atoms with E-state index < -0.39 is 12.1 Å². The quantitative estimate of drug-likeness (QED) is 0.0320. The number of nitrogens with one attached hydrogen (secondary N) is 1. The summed E-state index contributed by atoms with van der Waals surface area (Å²) in [5.74, 6) is -0.0658. The molecule has 6 heteroatoms. The van der Waals surface area contributed by atoms with Crippen molar-refractivity contribution < 1.29 is 24.5 Å². The molecule has 3 N–H and O–H groups in total. The number of carbonyl (C=O) groups excluding carboxylic acids is 2. The maximum absolute atomic E-state index is 12.5. The topological polar surface area (TPSA) is 95.9 Å². The summed E-state index contributed by atoms with van der Waals surface area (Å²) in [7, 11) is 0. The van der Waals surface area contributed by atoms with Crippen LogP contribution in [-0.4, -0.2) is 47.4 Å². The molecule has 0 spiro atoms. The Morgan fingerprint density at radius 3 is 0.959 bits per heavy atom. The van der Waals surface area contributed by atoms with Gasteiger partial charge in [-0.05, 0) is 83.5 Å². The molecule has 436 valence electrons. The first-order chi connectivity index (χ1) is 36.5. The predicted octanol–water partition coefficient (Wildman–Crippen LogP) is 21.1. The van der Waals surface area contributed by atoms with E-state index >= 15 is 0 Å². The zero-order valence-corrected chi connectivity index (χ0v) is 49.8. The zero-order chi connectivity index (χ0) is 53.6. The van der Waals surface area contributed by atoms with Crippen molar-refractivity contribution in [2.24, 2.45) is 0 Å². The molecule has 0 aromatic heterocycles. The van der Waals surface area contributed by atoms with Gasteiger partial charge in [-0.2, -0.15) is 0 Å². The van der Waals surface area contributed by atoms with Crippen molar-refractivity contribution in [1.29, 1.82) is 0 Å². The Morgan fingerprint density at radius 1 is 0.365 bits per heavy atom. The number of esters is 1. The zero-order valence-electron chi connectivity index (χ0n) is 49.8. The highest BCUT2D eigenvalue weighted by Gasteiger charge is 2.18. The molecule has 1 amide bonds. The molecule has 0 aromatic carbocycles. The molecule has 74 heavy (non-hydrogen) atoms. The average Bonchev–Trinajstić information content (AvgIpc) is 3.40. The van der Waals surface area contributed by atoms with Crippen LogP contribution in [0.5, 0.6) is 0 Å². The number of hydrogen-bond acceptors (Lipinski definition) is 5. The lowest BCUT2D eigenvalue weighted by atomic mass is 10.0. The van der Waals surface area contributed by atoms with E-state index in [9.17, 15) is 19.8 Å². The Labute approximate surface area is 462 Å². The second kappa shape index (κ2) is 63.6. The van der Waals surface area contributed by atoms with Crippen molar-refractivity contribution in [3.8, 4) is 0 Å². The summed E-state index contributed by atoms with van der Waals surface area (Å²) in [6.07, 6.45) is 80.6. The number of rotatable bonds is 62. The van der Waals surface area contributed by atoms with Gasteiger partial charge in [0.25, 0.3) is 0 Å². The van der Waals surface area contributed by atoms with Gasteiger partial charge < -0.3 is 20.3 Å². The van der Waals surface area contributed by atoms with E-state index in [0.29, 0.717) is 19.4 Å². The average molecular weight is 1040 g/mol. The Balaban J connectivity index is 3.43. The molecule has 0 fully saturated rings. The Hall–Kier alpha value is -1.92. The third-order valence-electron chi connectivity index (χ3n) is 15.4. The Kier molecular flexibility index (Phi) is 62.0. The molecule has 0 saturated carbocycles. The maximum Gasteiger partial charge on any atom is 0.305 e. The molecule has 0 aliphatic heterocycles. The summed E-state index contributed by atoms with van der Waals surface area (Å²) in [6, 6.07) is -0.632. The molecule has 0 aliphatic carbocycles. The Bertz CT molecular complexity index is 1200. The van der Waals surface area contributed by atoms with E-state index in [2.05, 4.69) is 43.5 Å². The third kappa shape index (κ3) is 59.3. The van der Waals surface area contributed by atoms with Crippen LogP contribution in [0, 0.1) is 0 Å². The number of hydrogen-bond donors (Lipinski definition) is 3. The summed E-state index contributed by atoms with van der Waals surface area (Å²) in [5, 5.41) is 23.2. The van der Waals surface area contributed by atoms with Gasteiger partial charge in [0.2, 0.25) is 5.91 Å². The highest BCUT2D eigenvalue weighted by Crippen LogP contribution is 2.17. The lowest BCUT2D eigenvalue weighted by molar-refractivity contribution is -0.143. The lowest BCUT2D eigenvalue weighted by Gasteiger charge is -2.20. The van der Waals surface area contributed by atoms with Crippen LogP contribution in [0.15, 0.2) is 36.5 Å². The SMILES string of the molecule is CCCCCCCC/C=C\CCCCCCCC(=O)OCCCCCCCCCCCCCC/C=C\CCCCCCCCCCC(=O)NC(CO)C(O)/C=C/CCCCCCCCCCCCCCCCCC. The molecule has 0 saturated heterocycles. The van der Waals surface area contributed by atoms with Crippen molar-refractivity contribution in [2.45, 2.75) is 373 Å². The van der Waals surface area contributed by atoms with Gasteiger partial charge in [0.05, 0.1) is 25.4 Å². The van der Waals surface area contributed by atoms with Gasteiger partial charge >= 0.3 is 5.97 Å². The van der Waals surface area contributed by atoms with Crippen LogP contribution in [0.4, 0.5) is 0 Å². The van der Waals surface area contributed by atoms with Crippen LogP contribution in [0.25, 0.3) is 0 Å². The maximum atomic E-state index is 12.5. The van der Waals surface area contributed by atoms with Crippen molar-refractivity contribution in [3.63, 3.8) is 0 Å². The van der Waals surface area contributed by atoms with Gasteiger partial charge in [-0.3, -0.25) is 9.59 Å². The minimum atomic E-state index is -0.848. The molecule has 0 radical (unpaired) electrons. The predicted molar refractivity (Wildman–Crippen MR) is 324 cm³/mol. The van der Waals surface area contributed by atoms with E-state index in [0.717, 1.165) is 44.9 Å². The van der Waals surface area contributed by atoms with Crippen molar-refractivity contribution in [3.05, 3.63) is 36.5 Å². The van der Waals surface area contributed by atoms with Gasteiger partial charge in [-0.15, -0.1) is 0 Å². The molecule has 0 rings (SSSR count). The van der Waals surface area contributed by atoms with Crippen LogP contribution >= 0.6 is 0 Å². The largest absolute Gasteiger partial charge is 0.466 e. The number of carbonyl (C=O) groups is 2. The third-order valence-corrected chi connectivity index (χ3v) is 15.4. The minimum Gasteiger partial charge on any atom is -0.466 e. The van der Waals surface area contributed by atoms with Crippen LogP contribution in [0.2, 0.25) is 0 Å². The van der Waals surface area contributed by atoms with Crippen molar-refractivity contribution in [2.75, 3.05) is 13.2 Å². The summed E-state index contributed by atoms with van der Waals surface area (Å²) in [5.41, 5.74) is 0. The number of aliphatic hydroxyl groups excluding tert-OH is 2. The lowest BCUT2D eigenvalue weighted by Crippen LogP contribution is -2.45. The molecular formula is C68H129NO5. The van der Waals surface area contributed by atoms with Crippen LogP contribution in [0.3, 0.4) is 0 Å². The van der Waals surface area contributed by atoms with E-state index in [1.807, 2.05) is 6.08 Å². The molecular weight excluding hydrogens is 911 g/mol. The second-order valence-electron chi connectivity index (χ2n) is 22.8. The summed E-state index contributed by atoms with van der Waals surface area (Å²) < 4.78 is 5.48.